The molecule has 0 bridgehead atoms. The summed E-state index contributed by atoms with van der Waals surface area (Å²) in [6, 6.07) is 0. The molecule has 5 nitrogen and oxygen atoms in total. The van der Waals surface area contributed by atoms with Gasteiger partial charge in [0.1, 0.15) is 6.23 Å². The van der Waals surface area contributed by atoms with E-state index < -0.39 is 11.6 Å². The van der Waals surface area contributed by atoms with Gasteiger partial charge in [0.2, 0.25) is 5.91 Å². The molecule has 3 rings (SSSR count). The van der Waals surface area contributed by atoms with Crippen LogP contribution in [0.2, 0.25) is 0 Å². The second-order valence-electron chi connectivity index (χ2n) is 6.01. The lowest BCUT2D eigenvalue weighted by Gasteiger charge is -2.61. The van der Waals surface area contributed by atoms with Crippen molar-refractivity contribution >= 4 is 5.91 Å². The van der Waals surface area contributed by atoms with E-state index in [4.69, 9.17) is 5.11 Å². The summed E-state index contributed by atoms with van der Waals surface area (Å²) >= 11 is 0. The smallest absolute Gasteiger partial charge is 0.232 e. The van der Waals surface area contributed by atoms with Crippen molar-refractivity contribution in [1.82, 2.24) is 4.90 Å². The SMILES string of the molecule is O=C1N(CCO)C(O)[C@@]23CCCC[C@@]12[C@@H](CO)C3. The van der Waals surface area contributed by atoms with Crippen molar-refractivity contribution in [3.05, 3.63) is 0 Å². The summed E-state index contributed by atoms with van der Waals surface area (Å²) in [4.78, 5) is 14.1. The third kappa shape index (κ3) is 1.11. The lowest BCUT2D eigenvalue weighted by Crippen LogP contribution is -2.63. The molecule has 0 spiro atoms. The second kappa shape index (κ2) is 3.92. The van der Waals surface area contributed by atoms with Crippen LogP contribution in [0, 0.1) is 16.7 Å². The molecule has 4 atom stereocenters. The average Bonchev–Trinajstić information content (AvgIpc) is 2.50. The number of amides is 1. The maximum Gasteiger partial charge on any atom is 0.232 e. The predicted octanol–water partition coefficient (Wildman–Crippen LogP) is -0.302. The Labute approximate surface area is 106 Å². The van der Waals surface area contributed by atoms with Gasteiger partial charge in [-0.05, 0) is 25.2 Å². The minimum absolute atomic E-state index is 0.0105. The zero-order valence-electron chi connectivity index (χ0n) is 10.5. The first kappa shape index (κ1) is 12.4. The van der Waals surface area contributed by atoms with Crippen molar-refractivity contribution in [1.29, 1.82) is 0 Å². The topological polar surface area (TPSA) is 81.0 Å². The van der Waals surface area contributed by atoms with Gasteiger partial charge in [-0.1, -0.05) is 12.8 Å². The van der Waals surface area contributed by atoms with Gasteiger partial charge in [-0.15, -0.1) is 0 Å². The highest BCUT2D eigenvalue weighted by molar-refractivity contribution is 5.89. The number of carbonyl (C=O) groups excluding carboxylic acids is 1. The molecule has 0 aromatic rings. The third-order valence-electron chi connectivity index (χ3n) is 5.63. The molecule has 0 aromatic carbocycles. The molecule has 1 unspecified atom stereocenters. The number of hydrogen-bond donors (Lipinski definition) is 3. The Morgan fingerprint density at radius 3 is 2.67 bits per heavy atom. The molecule has 102 valence electrons. The lowest BCUT2D eigenvalue weighted by atomic mass is 9.40. The monoisotopic (exact) mass is 255 g/mol. The van der Waals surface area contributed by atoms with Crippen LogP contribution in [0.3, 0.4) is 0 Å². The molecule has 2 saturated carbocycles. The number of carbonyl (C=O) groups is 1. The van der Waals surface area contributed by atoms with Crippen LogP contribution in [-0.2, 0) is 4.79 Å². The van der Waals surface area contributed by atoms with Crippen LogP contribution in [0.5, 0.6) is 0 Å². The Balaban J connectivity index is 2.01. The van der Waals surface area contributed by atoms with Crippen molar-refractivity contribution in [2.45, 2.75) is 38.3 Å². The fourth-order valence-electron chi connectivity index (χ4n) is 4.87. The van der Waals surface area contributed by atoms with E-state index in [1.807, 2.05) is 0 Å². The van der Waals surface area contributed by atoms with Gasteiger partial charge < -0.3 is 20.2 Å². The van der Waals surface area contributed by atoms with Crippen LogP contribution in [0.15, 0.2) is 0 Å². The normalized spacial score (nSPS) is 46.6. The molecule has 3 N–H and O–H groups in total. The van der Waals surface area contributed by atoms with Crippen LogP contribution < -0.4 is 0 Å². The molecule has 1 amide bonds. The van der Waals surface area contributed by atoms with E-state index in [0.717, 1.165) is 32.1 Å². The van der Waals surface area contributed by atoms with E-state index in [9.17, 15) is 15.0 Å². The molecule has 0 radical (unpaired) electrons. The van der Waals surface area contributed by atoms with Gasteiger partial charge in [-0.25, -0.2) is 0 Å². The van der Waals surface area contributed by atoms with Gasteiger partial charge in [0.05, 0.1) is 12.0 Å². The molecule has 0 aromatic heterocycles. The Kier molecular flexibility index (Phi) is 2.70. The molecule has 1 aliphatic heterocycles. The van der Waals surface area contributed by atoms with E-state index in [0.29, 0.717) is 0 Å². The van der Waals surface area contributed by atoms with Crippen LogP contribution in [0.1, 0.15) is 32.1 Å². The van der Waals surface area contributed by atoms with Gasteiger partial charge in [0.15, 0.2) is 0 Å². The minimum Gasteiger partial charge on any atom is -0.396 e. The van der Waals surface area contributed by atoms with Crippen molar-refractivity contribution in [3.8, 4) is 0 Å². The van der Waals surface area contributed by atoms with Gasteiger partial charge in [-0.2, -0.15) is 0 Å². The number of rotatable bonds is 3. The average molecular weight is 255 g/mol. The molecule has 2 aliphatic carbocycles. The van der Waals surface area contributed by atoms with Crippen molar-refractivity contribution in [2.75, 3.05) is 19.8 Å². The van der Waals surface area contributed by atoms with E-state index >= 15 is 0 Å². The predicted molar refractivity (Wildman–Crippen MR) is 63.3 cm³/mol. The van der Waals surface area contributed by atoms with Gasteiger partial charge in [-0.3, -0.25) is 4.79 Å². The number of likely N-dealkylation sites (tertiary alicyclic amines) is 1. The summed E-state index contributed by atoms with van der Waals surface area (Å²) in [6.45, 7) is 0.0908. The Bertz CT molecular complexity index is 374. The highest BCUT2D eigenvalue weighted by atomic mass is 16.3. The van der Waals surface area contributed by atoms with E-state index in [1.165, 1.54) is 4.90 Å². The Morgan fingerprint density at radius 1 is 1.28 bits per heavy atom. The molecule has 5 heteroatoms. The quantitative estimate of drug-likeness (QED) is 0.646. The molecular formula is C13H21NO4. The van der Waals surface area contributed by atoms with Crippen LogP contribution in [0.25, 0.3) is 0 Å². The van der Waals surface area contributed by atoms with Gasteiger partial charge >= 0.3 is 0 Å². The Morgan fingerprint density at radius 2 is 2.00 bits per heavy atom. The third-order valence-corrected chi connectivity index (χ3v) is 5.63. The first-order chi connectivity index (χ1) is 8.64. The van der Waals surface area contributed by atoms with E-state index in [1.54, 1.807) is 0 Å². The van der Waals surface area contributed by atoms with Gasteiger partial charge in [0.25, 0.3) is 0 Å². The molecule has 18 heavy (non-hydrogen) atoms. The van der Waals surface area contributed by atoms with Gasteiger partial charge in [0, 0.05) is 18.6 Å². The highest BCUT2D eigenvalue weighted by Gasteiger charge is 2.77. The lowest BCUT2D eigenvalue weighted by molar-refractivity contribution is -0.205. The first-order valence-corrected chi connectivity index (χ1v) is 6.85. The first-order valence-electron chi connectivity index (χ1n) is 6.85. The standard InChI is InChI=1S/C13H21NO4/c15-6-5-14-10(17)12-3-1-2-4-13(12,11(14)18)9(7-12)8-16/h9-10,15-17H,1-8H2/t9-,10?,12+,13-/m1/s1. The van der Waals surface area contributed by atoms with Crippen molar-refractivity contribution in [3.63, 3.8) is 0 Å². The number of aliphatic hydroxyl groups is 3. The number of aliphatic hydroxyl groups excluding tert-OH is 3. The largest absolute Gasteiger partial charge is 0.396 e. The summed E-state index contributed by atoms with van der Waals surface area (Å²) in [5, 5.41) is 29.0. The van der Waals surface area contributed by atoms with E-state index in [2.05, 4.69) is 0 Å². The maximum absolute atomic E-state index is 12.6. The van der Waals surface area contributed by atoms with Crippen LogP contribution in [-0.4, -0.2) is 52.1 Å². The van der Waals surface area contributed by atoms with Crippen molar-refractivity contribution < 1.29 is 20.1 Å². The Hall–Kier alpha value is -0.650. The molecule has 1 saturated heterocycles. The number of nitrogens with zero attached hydrogens (tertiary/aromatic N) is 1. The summed E-state index contributed by atoms with van der Waals surface area (Å²) in [5.41, 5.74) is -0.903. The fourth-order valence-corrected chi connectivity index (χ4v) is 4.87. The number of β-amino-alcohol motifs (C(OH)–C–C–N with tert-alkyl or cyclic N) is 1. The molecule has 3 aliphatic rings. The zero-order valence-corrected chi connectivity index (χ0v) is 10.5. The van der Waals surface area contributed by atoms with E-state index in [-0.39, 0.29) is 37.0 Å². The maximum atomic E-state index is 12.6. The van der Waals surface area contributed by atoms with Crippen LogP contribution in [0.4, 0.5) is 0 Å². The zero-order chi connectivity index (χ0) is 13.0. The molecule has 1 heterocycles. The van der Waals surface area contributed by atoms with Crippen LogP contribution >= 0.6 is 0 Å². The summed E-state index contributed by atoms with van der Waals surface area (Å²) < 4.78 is 0. The van der Waals surface area contributed by atoms with Crippen molar-refractivity contribution in [2.24, 2.45) is 16.7 Å². The summed E-state index contributed by atoms with van der Waals surface area (Å²) in [7, 11) is 0. The summed E-state index contributed by atoms with van der Waals surface area (Å²) in [5.74, 6) is -0.0577. The molecule has 3 fully saturated rings. The summed E-state index contributed by atoms with van der Waals surface area (Å²) in [6.07, 6.45) is 3.62. The second-order valence-corrected chi connectivity index (χ2v) is 6.01. The number of hydrogen-bond acceptors (Lipinski definition) is 4. The minimum atomic E-state index is -0.778. The fraction of sp³-hybridized carbons (Fsp3) is 0.923. The molecular weight excluding hydrogens is 234 g/mol. The highest BCUT2D eigenvalue weighted by Crippen LogP contribution is 2.73.